The van der Waals surface area contributed by atoms with E-state index in [1.165, 1.54) is 30.5 Å². The van der Waals surface area contributed by atoms with Gasteiger partial charge in [0.15, 0.2) is 0 Å². The topological polar surface area (TPSA) is 55.9 Å². The van der Waals surface area contributed by atoms with Crippen LogP contribution >= 0.6 is 0 Å². The van der Waals surface area contributed by atoms with Crippen LogP contribution in [0.25, 0.3) is 0 Å². The summed E-state index contributed by atoms with van der Waals surface area (Å²) in [7, 11) is 0. The Labute approximate surface area is 120 Å². The van der Waals surface area contributed by atoms with Crippen LogP contribution in [0.5, 0.6) is 0 Å². The molecule has 106 valence electrons. The summed E-state index contributed by atoms with van der Waals surface area (Å²) in [6.07, 6.45) is 7.56. The monoisotopic (exact) mass is 270 g/mol. The first-order valence-corrected chi connectivity index (χ1v) is 7.38. The lowest BCUT2D eigenvalue weighted by Gasteiger charge is -2.21. The molecule has 3 rings (SSSR count). The van der Waals surface area contributed by atoms with Crippen molar-refractivity contribution in [2.45, 2.75) is 31.8 Å². The molecule has 0 bridgehead atoms. The number of benzene rings is 1. The van der Waals surface area contributed by atoms with Crippen molar-refractivity contribution in [2.75, 3.05) is 11.9 Å². The number of hydrogen-bond donors (Lipinski definition) is 2. The van der Waals surface area contributed by atoms with Gasteiger partial charge in [-0.15, -0.1) is 0 Å². The van der Waals surface area contributed by atoms with Gasteiger partial charge in [-0.3, -0.25) is 4.68 Å². The molecule has 1 heterocycles. The van der Waals surface area contributed by atoms with E-state index < -0.39 is 0 Å². The number of aromatic nitrogens is 2. The van der Waals surface area contributed by atoms with Gasteiger partial charge in [0.1, 0.15) is 0 Å². The summed E-state index contributed by atoms with van der Waals surface area (Å²) in [4.78, 5) is 0. The lowest BCUT2D eigenvalue weighted by atomic mass is 10.0. The second-order valence-electron chi connectivity index (χ2n) is 5.58. The number of anilines is 1. The average molecular weight is 270 g/mol. The van der Waals surface area contributed by atoms with Crippen molar-refractivity contribution in [3.05, 3.63) is 48.3 Å². The largest absolute Gasteiger partial charge is 0.382 e. The van der Waals surface area contributed by atoms with Crippen LogP contribution in [-0.4, -0.2) is 22.4 Å². The van der Waals surface area contributed by atoms with Crippen LogP contribution in [0.15, 0.2) is 42.7 Å². The summed E-state index contributed by atoms with van der Waals surface area (Å²) in [5.41, 5.74) is 8.31. The van der Waals surface area contributed by atoms with Crippen molar-refractivity contribution in [3.8, 4) is 0 Å². The molecular formula is C16H22N4. The number of nitrogens with two attached hydrogens (primary N) is 1. The van der Waals surface area contributed by atoms with Gasteiger partial charge in [0, 0.05) is 24.1 Å². The molecule has 4 heteroatoms. The molecular weight excluding hydrogens is 248 g/mol. The Morgan fingerprint density at radius 3 is 3.05 bits per heavy atom. The van der Waals surface area contributed by atoms with Gasteiger partial charge in [-0.1, -0.05) is 18.6 Å². The van der Waals surface area contributed by atoms with E-state index in [1.54, 1.807) is 0 Å². The van der Waals surface area contributed by atoms with Gasteiger partial charge in [0.25, 0.3) is 0 Å². The molecule has 20 heavy (non-hydrogen) atoms. The predicted octanol–water partition coefficient (Wildman–Crippen LogP) is 2.47. The number of rotatable bonds is 5. The highest BCUT2D eigenvalue weighted by Crippen LogP contribution is 2.28. The molecule has 4 nitrogen and oxygen atoms in total. The van der Waals surface area contributed by atoms with Crippen LogP contribution < -0.4 is 11.1 Å². The maximum absolute atomic E-state index is 5.85. The van der Waals surface area contributed by atoms with Crippen LogP contribution in [0.4, 0.5) is 5.69 Å². The van der Waals surface area contributed by atoms with E-state index >= 15 is 0 Å². The Hall–Kier alpha value is -1.81. The smallest absolute Gasteiger partial charge is 0.0660 e. The highest BCUT2D eigenvalue weighted by atomic mass is 15.3. The van der Waals surface area contributed by atoms with E-state index in [4.69, 9.17) is 5.73 Å². The number of nitrogens with one attached hydrogen (secondary N) is 1. The Bertz CT molecular complexity index is 535. The molecule has 1 aliphatic carbocycles. The quantitative estimate of drug-likeness (QED) is 0.877. The molecule has 2 atom stereocenters. The van der Waals surface area contributed by atoms with Crippen molar-refractivity contribution in [1.29, 1.82) is 0 Å². The van der Waals surface area contributed by atoms with Gasteiger partial charge in [0.05, 0.1) is 6.54 Å². The number of nitrogens with zero attached hydrogens (tertiary/aromatic N) is 2. The average Bonchev–Trinajstić information content (AvgIpc) is 3.10. The third-order valence-corrected chi connectivity index (χ3v) is 4.14. The van der Waals surface area contributed by atoms with Crippen molar-refractivity contribution in [2.24, 2.45) is 11.7 Å². The molecule has 0 spiro atoms. The van der Waals surface area contributed by atoms with Gasteiger partial charge in [0.2, 0.25) is 0 Å². The Balaban J connectivity index is 1.68. The second-order valence-corrected chi connectivity index (χ2v) is 5.58. The predicted molar refractivity (Wildman–Crippen MR) is 81.6 cm³/mol. The lowest BCUT2D eigenvalue weighted by molar-refractivity contribution is 0.516. The molecule has 1 aromatic carbocycles. The summed E-state index contributed by atoms with van der Waals surface area (Å²) in [6, 6.07) is 11.1. The highest BCUT2D eigenvalue weighted by Gasteiger charge is 2.25. The number of hydrogen-bond acceptors (Lipinski definition) is 3. The van der Waals surface area contributed by atoms with Crippen molar-refractivity contribution >= 4 is 5.69 Å². The maximum atomic E-state index is 5.85. The molecule has 0 amide bonds. The van der Waals surface area contributed by atoms with E-state index in [0.717, 1.165) is 13.1 Å². The zero-order valence-electron chi connectivity index (χ0n) is 11.7. The minimum atomic E-state index is 0.528. The molecule has 1 aromatic heterocycles. The second kappa shape index (κ2) is 6.09. The highest BCUT2D eigenvalue weighted by molar-refractivity contribution is 5.47. The molecule has 0 saturated heterocycles. The van der Waals surface area contributed by atoms with Crippen molar-refractivity contribution in [1.82, 2.24) is 9.78 Å². The first-order chi connectivity index (χ1) is 9.85. The van der Waals surface area contributed by atoms with Gasteiger partial charge >= 0.3 is 0 Å². The standard InChI is InChI=1S/C16H22N4/c17-11-14-5-2-7-16(14)19-15-6-1-4-13(10-15)12-20-9-3-8-18-20/h1,3-4,6,8-10,14,16,19H,2,5,7,11-12,17H2. The molecule has 0 radical (unpaired) electrons. The van der Waals surface area contributed by atoms with Gasteiger partial charge in [-0.05, 0) is 49.1 Å². The molecule has 3 N–H and O–H groups in total. The van der Waals surface area contributed by atoms with Gasteiger partial charge in [-0.2, -0.15) is 5.10 Å². The third-order valence-electron chi connectivity index (χ3n) is 4.14. The van der Waals surface area contributed by atoms with E-state index in [2.05, 4.69) is 34.7 Å². The zero-order chi connectivity index (χ0) is 13.8. The van der Waals surface area contributed by atoms with Gasteiger partial charge in [-0.25, -0.2) is 0 Å². The fraction of sp³-hybridized carbons (Fsp3) is 0.438. The summed E-state index contributed by atoms with van der Waals surface area (Å²) in [5, 5.41) is 7.90. The van der Waals surface area contributed by atoms with E-state index in [9.17, 15) is 0 Å². The van der Waals surface area contributed by atoms with Crippen LogP contribution in [0.1, 0.15) is 24.8 Å². The van der Waals surface area contributed by atoms with Crippen molar-refractivity contribution in [3.63, 3.8) is 0 Å². The van der Waals surface area contributed by atoms with Crippen LogP contribution in [0.2, 0.25) is 0 Å². The minimum absolute atomic E-state index is 0.528. The molecule has 1 aliphatic rings. The first kappa shape index (κ1) is 13.2. The van der Waals surface area contributed by atoms with E-state index in [0.29, 0.717) is 12.0 Å². The molecule has 1 saturated carbocycles. The minimum Gasteiger partial charge on any atom is -0.382 e. The lowest BCUT2D eigenvalue weighted by Crippen LogP contribution is -2.29. The first-order valence-electron chi connectivity index (χ1n) is 7.38. The van der Waals surface area contributed by atoms with E-state index in [-0.39, 0.29) is 0 Å². The van der Waals surface area contributed by atoms with Crippen LogP contribution in [0, 0.1) is 5.92 Å². The zero-order valence-corrected chi connectivity index (χ0v) is 11.7. The van der Waals surface area contributed by atoms with Crippen LogP contribution in [-0.2, 0) is 6.54 Å². The fourth-order valence-electron chi connectivity index (χ4n) is 3.06. The van der Waals surface area contributed by atoms with E-state index in [1.807, 2.05) is 23.1 Å². The summed E-state index contributed by atoms with van der Waals surface area (Å²) < 4.78 is 1.94. The fourth-order valence-corrected chi connectivity index (χ4v) is 3.06. The summed E-state index contributed by atoms with van der Waals surface area (Å²) in [6.45, 7) is 1.60. The molecule has 0 aliphatic heterocycles. The van der Waals surface area contributed by atoms with Crippen LogP contribution in [0.3, 0.4) is 0 Å². The molecule has 2 unspecified atom stereocenters. The third kappa shape index (κ3) is 3.02. The Kier molecular flexibility index (Phi) is 4.02. The SMILES string of the molecule is NCC1CCCC1Nc1cccc(Cn2cccn2)c1. The Morgan fingerprint density at radius 2 is 2.25 bits per heavy atom. The Morgan fingerprint density at radius 1 is 1.30 bits per heavy atom. The van der Waals surface area contributed by atoms with Crippen molar-refractivity contribution < 1.29 is 0 Å². The summed E-state index contributed by atoms with van der Waals surface area (Å²) >= 11 is 0. The molecule has 2 aromatic rings. The van der Waals surface area contributed by atoms with Gasteiger partial charge < -0.3 is 11.1 Å². The maximum Gasteiger partial charge on any atom is 0.0660 e. The molecule has 1 fully saturated rings. The normalized spacial score (nSPS) is 22.1. The summed E-state index contributed by atoms with van der Waals surface area (Å²) in [5.74, 6) is 0.616.